The van der Waals surface area contributed by atoms with E-state index in [1.165, 1.54) is 4.31 Å². The van der Waals surface area contributed by atoms with Gasteiger partial charge in [-0.05, 0) is 63.7 Å². The fraction of sp³-hybridized carbons (Fsp3) is 0.941. The molecule has 0 aromatic rings. The summed E-state index contributed by atoms with van der Waals surface area (Å²) in [6.07, 6.45) is 8.71. The zero-order chi connectivity index (χ0) is 16.5. The van der Waals surface area contributed by atoms with Crippen molar-refractivity contribution < 1.29 is 17.9 Å². The molecule has 0 N–H and O–H groups in total. The SMILES string of the molecule is CCCOC1CCC(CC(=O)N2CCCC3(CC3)S2(=O)=O)CC1. The molecular formula is C17H29NO4S. The van der Waals surface area contributed by atoms with Gasteiger partial charge in [-0.15, -0.1) is 0 Å². The molecule has 23 heavy (non-hydrogen) atoms. The van der Waals surface area contributed by atoms with Crippen molar-refractivity contribution in [3.63, 3.8) is 0 Å². The molecule has 3 fully saturated rings. The first-order chi connectivity index (χ1) is 11.0. The summed E-state index contributed by atoms with van der Waals surface area (Å²) in [4.78, 5) is 12.6. The lowest BCUT2D eigenvalue weighted by molar-refractivity contribution is -0.128. The summed E-state index contributed by atoms with van der Waals surface area (Å²) in [7, 11) is -3.40. The highest BCUT2D eigenvalue weighted by Crippen LogP contribution is 2.51. The Kier molecular flexibility index (Phi) is 5.02. The largest absolute Gasteiger partial charge is 0.378 e. The third-order valence-corrected chi connectivity index (χ3v) is 8.40. The zero-order valence-electron chi connectivity index (χ0n) is 14.1. The van der Waals surface area contributed by atoms with Crippen LogP contribution >= 0.6 is 0 Å². The average molecular weight is 343 g/mol. The van der Waals surface area contributed by atoms with Crippen LogP contribution in [0.25, 0.3) is 0 Å². The molecule has 132 valence electrons. The van der Waals surface area contributed by atoms with E-state index in [4.69, 9.17) is 4.74 Å². The second kappa shape index (κ2) is 6.71. The molecule has 0 radical (unpaired) electrons. The van der Waals surface area contributed by atoms with Crippen LogP contribution in [0.1, 0.15) is 71.1 Å². The van der Waals surface area contributed by atoms with E-state index < -0.39 is 14.8 Å². The monoisotopic (exact) mass is 343 g/mol. The van der Waals surface area contributed by atoms with Crippen molar-refractivity contribution in [1.82, 2.24) is 4.31 Å². The van der Waals surface area contributed by atoms with Crippen LogP contribution in [0.4, 0.5) is 0 Å². The average Bonchev–Trinajstić information content (AvgIpc) is 3.31. The van der Waals surface area contributed by atoms with Gasteiger partial charge in [0.25, 0.3) is 0 Å². The molecule has 1 aliphatic heterocycles. The first-order valence-corrected chi connectivity index (χ1v) is 10.6. The van der Waals surface area contributed by atoms with Crippen LogP contribution in [-0.2, 0) is 19.6 Å². The standard InChI is InChI=1S/C17H29NO4S/c1-2-12-22-15-6-4-14(5-7-15)13-16(19)18-11-3-8-17(9-10-17)23(18,20)21/h14-15H,2-13H2,1H3. The van der Waals surface area contributed by atoms with Gasteiger partial charge in [0.05, 0.1) is 10.9 Å². The van der Waals surface area contributed by atoms with Crippen molar-refractivity contribution in [2.24, 2.45) is 5.92 Å². The minimum Gasteiger partial charge on any atom is -0.378 e. The van der Waals surface area contributed by atoms with Gasteiger partial charge >= 0.3 is 0 Å². The quantitative estimate of drug-likeness (QED) is 0.770. The van der Waals surface area contributed by atoms with E-state index in [0.29, 0.717) is 25.0 Å². The molecular weight excluding hydrogens is 314 g/mol. The molecule has 1 heterocycles. The van der Waals surface area contributed by atoms with Crippen molar-refractivity contribution >= 4 is 15.9 Å². The first kappa shape index (κ1) is 17.2. The van der Waals surface area contributed by atoms with Gasteiger partial charge in [0, 0.05) is 19.6 Å². The molecule has 1 amide bonds. The minimum absolute atomic E-state index is 0.172. The summed E-state index contributed by atoms with van der Waals surface area (Å²) in [5.74, 6) is 0.144. The van der Waals surface area contributed by atoms with E-state index in [2.05, 4.69) is 6.92 Å². The predicted octanol–water partition coefficient (Wildman–Crippen LogP) is 2.85. The fourth-order valence-corrected chi connectivity index (χ4v) is 6.27. The lowest BCUT2D eigenvalue weighted by atomic mass is 9.85. The van der Waals surface area contributed by atoms with Crippen LogP contribution in [0, 0.1) is 5.92 Å². The van der Waals surface area contributed by atoms with Crippen molar-refractivity contribution in [1.29, 1.82) is 0 Å². The zero-order valence-corrected chi connectivity index (χ0v) is 14.9. The lowest BCUT2D eigenvalue weighted by Gasteiger charge is -2.34. The third kappa shape index (κ3) is 3.43. The first-order valence-electron chi connectivity index (χ1n) is 9.15. The summed E-state index contributed by atoms with van der Waals surface area (Å²) in [6.45, 7) is 3.30. The molecule has 0 unspecified atom stereocenters. The van der Waals surface area contributed by atoms with Gasteiger partial charge in [-0.25, -0.2) is 12.7 Å². The molecule has 0 aromatic carbocycles. The number of nitrogens with zero attached hydrogens (tertiary/aromatic N) is 1. The Hall–Kier alpha value is -0.620. The second-order valence-electron chi connectivity index (χ2n) is 7.48. The second-order valence-corrected chi connectivity index (χ2v) is 9.73. The number of carbonyl (C=O) groups is 1. The molecule has 2 aliphatic carbocycles. The van der Waals surface area contributed by atoms with Crippen LogP contribution in [0.3, 0.4) is 0 Å². The lowest BCUT2D eigenvalue weighted by Crippen LogP contribution is -2.48. The molecule has 3 aliphatic rings. The minimum atomic E-state index is -3.40. The van der Waals surface area contributed by atoms with Gasteiger partial charge in [-0.1, -0.05) is 6.92 Å². The molecule has 1 spiro atoms. The van der Waals surface area contributed by atoms with Crippen LogP contribution in [0.2, 0.25) is 0 Å². The van der Waals surface area contributed by atoms with Crippen LogP contribution < -0.4 is 0 Å². The molecule has 1 saturated heterocycles. The number of ether oxygens (including phenoxy) is 1. The number of carbonyl (C=O) groups excluding carboxylic acids is 1. The fourth-order valence-electron chi connectivity index (χ4n) is 4.07. The Balaban J connectivity index is 1.52. The van der Waals surface area contributed by atoms with Crippen molar-refractivity contribution in [3.8, 4) is 0 Å². The normalized spacial score (nSPS) is 32.0. The molecule has 0 atom stereocenters. The number of hydrogen-bond acceptors (Lipinski definition) is 4. The highest BCUT2D eigenvalue weighted by molar-refractivity contribution is 7.91. The maximum absolute atomic E-state index is 12.6. The maximum atomic E-state index is 12.6. The van der Waals surface area contributed by atoms with E-state index in [-0.39, 0.29) is 5.91 Å². The summed E-state index contributed by atoms with van der Waals surface area (Å²) in [6, 6.07) is 0. The van der Waals surface area contributed by atoms with Gasteiger partial charge < -0.3 is 4.74 Å². The highest BCUT2D eigenvalue weighted by atomic mass is 32.2. The molecule has 0 aromatic heterocycles. The van der Waals surface area contributed by atoms with Gasteiger partial charge in [-0.3, -0.25) is 4.79 Å². The van der Waals surface area contributed by atoms with E-state index in [1.54, 1.807) is 0 Å². The van der Waals surface area contributed by atoms with E-state index >= 15 is 0 Å². The van der Waals surface area contributed by atoms with Gasteiger partial charge in [0.1, 0.15) is 0 Å². The smallest absolute Gasteiger partial charge is 0.243 e. The molecule has 0 bridgehead atoms. The van der Waals surface area contributed by atoms with Gasteiger partial charge in [0.15, 0.2) is 0 Å². The van der Waals surface area contributed by atoms with Crippen LogP contribution in [0.15, 0.2) is 0 Å². The van der Waals surface area contributed by atoms with Crippen LogP contribution in [0.5, 0.6) is 0 Å². The van der Waals surface area contributed by atoms with E-state index in [1.807, 2.05) is 0 Å². The van der Waals surface area contributed by atoms with E-state index in [9.17, 15) is 13.2 Å². The number of amides is 1. The van der Waals surface area contributed by atoms with Gasteiger partial charge in [-0.2, -0.15) is 0 Å². The highest BCUT2D eigenvalue weighted by Gasteiger charge is 2.59. The Bertz CT molecular complexity index is 533. The Morgan fingerprint density at radius 3 is 2.48 bits per heavy atom. The molecule has 5 nitrogen and oxygen atoms in total. The third-order valence-electron chi connectivity index (χ3n) is 5.73. The van der Waals surface area contributed by atoms with Crippen molar-refractivity contribution in [2.75, 3.05) is 13.2 Å². The molecule has 6 heteroatoms. The van der Waals surface area contributed by atoms with Crippen LogP contribution in [-0.4, -0.2) is 42.6 Å². The number of sulfonamides is 1. The Morgan fingerprint density at radius 2 is 1.87 bits per heavy atom. The summed E-state index contributed by atoms with van der Waals surface area (Å²) >= 11 is 0. The van der Waals surface area contributed by atoms with Crippen molar-refractivity contribution in [2.45, 2.75) is 82.0 Å². The topological polar surface area (TPSA) is 63.7 Å². The number of rotatable bonds is 5. The number of hydrogen-bond donors (Lipinski definition) is 0. The Labute approximate surface area is 139 Å². The summed E-state index contributed by atoms with van der Waals surface area (Å²) in [5, 5.41) is 0. The maximum Gasteiger partial charge on any atom is 0.243 e. The predicted molar refractivity (Wildman–Crippen MR) is 88.4 cm³/mol. The Morgan fingerprint density at radius 1 is 1.17 bits per heavy atom. The summed E-state index contributed by atoms with van der Waals surface area (Å²) < 4.78 is 31.7. The summed E-state index contributed by atoms with van der Waals surface area (Å²) in [5.41, 5.74) is 0. The van der Waals surface area contributed by atoms with Gasteiger partial charge in [0.2, 0.25) is 15.9 Å². The van der Waals surface area contributed by atoms with Crippen molar-refractivity contribution in [3.05, 3.63) is 0 Å². The molecule has 2 saturated carbocycles. The van der Waals surface area contributed by atoms with E-state index in [0.717, 1.165) is 64.4 Å². The molecule has 3 rings (SSSR count).